The number of aliphatic hydroxyl groups is 1. The van der Waals surface area contributed by atoms with Crippen molar-refractivity contribution in [2.45, 2.75) is 91.3 Å². The topological polar surface area (TPSA) is 63.6 Å². The molecule has 4 heteroatoms. The second kappa shape index (κ2) is 7.16. The fourth-order valence-corrected chi connectivity index (χ4v) is 8.54. The highest BCUT2D eigenvalue weighted by atomic mass is 16.6. The van der Waals surface area contributed by atoms with Gasteiger partial charge in [0.1, 0.15) is 11.7 Å². The Balaban J connectivity index is 1.44. The van der Waals surface area contributed by atoms with Crippen molar-refractivity contribution in [3.05, 3.63) is 34.9 Å². The second-order valence-electron chi connectivity index (χ2n) is 11.9. The molecular weight excluding hydrogens is 400 g/mol. The molecule has 1 N–H and O–H groups in total. The van der Waals surface area contributed by atoms with Gasteiger partial charge < -0.3 is 9.84 Å². The summed E-state index contributed by atoms with van der Waals surface area (Å²) in [6.07, 6.45) is 12.4. The molecule has 0 unspecified atom stereocenters. The van der Waals surface area contributed by atoms with E-state index in [4.69, 9.17) is 4.74 Å². The summed E-state index contributed by atoms with van der Waals surface area (Å²) in [5.41, 5.74) is 1.61. The van der Waals surface area contributed by atoms with Crippen molar-refractivity contribution >= 4 is 11.8 Å². The van der Waals surface area contributed by atoms with E-state index in [-0.39, 0.29) is 28.5 Å². The highest BCUT2D eigenvalue weighted by Crippen LogP contribution is 2.67. The number of fused-ring (bicyclic) bond motifs is 5. The van der Waals surface area contributed by atoms with Gasteiger partial charge in [0, 0.05) is 12.0 Å². The standard InChI is InChI=1S/C28H38O4/c1-16-15-24(32-25(30)17(16)2)28(5,31)22-12-11-20-19-10-9-18-7-6-8-23(29)27(18,4)21(19)13-14-26(20,22)3/h6,8-9,19-22,24,31H,7,10-15H2,1-5H3/t19-,20-,21-,22-,24+,26-,27-,28+/m0/s1. The third-order valence-electron chi connectivity index (χ3n) is 10.6. The largest absolute Gasteiger partial charge is 0.456 e. The molecular formula is C28H38O4. The van der Waals surface area contributed by atoms with Gasteiger partial charge in [-0.3, -0.25) is 4.79 Å². The second-order valence-corrected chi connectivity index (χ2v) is 11.9. The molecule has 5 rings (SSSR count). The first kappa shape index (κ1) is 22.1. The van der Waals surface area contributed by atoms with E-state index in [0.717, 1.165) is 44.1 Å². The Morgan fingerprint density at radius 2 is 1.88 bits per heavy atom. The first-order valence-electron chi connectivity index (χ1n) is 12.5. The van der Waals surface area contributed by atoms with Gasteiger partial charge in [0.25, 0.3) is 0 Å². The average molecular weight is 439 g/mol. The molecule has 0 radical (unpaired) electrons. The molecule has 0 saturated heterocycles. The molecule has 0 bridgehead atoms. The molecule has 4 nitrogen and oxygen atoms in total. The molecule has 1 aliphatic heterocycles. The van der Waals surface area contributed by atoms with Crippen molar-refractivity contribution in [1.29, 1.82) is 0 Å². The molecule has 0 spiro atoms. The van der Waals surface area contributed by atoms with Crippen LogP contribution in [0.1, 0.15) is 79.6 Å². The number of esters is 1. The minimum Gasteiger partial charge on any atom is -0.456 e. The SMILES string of the molecule is CC1=C(C)C(=O)O[C@@H]([C@](C)(O)[C@H]2CC[C@H]3[C@@H]4CC=C5CC=CC(=O)[C@]5(C)[C@H]4CC[C@]23C)C1. The molecule has 1 heterocycles. The van der Waals surface area contributed by atoms with E-state index in [9.17, 15) is 14.7 Å². The van der Waals surface area contributed by atoms with Crippen LogP contribution in [-0.2, 0) is 14.3 Å². The summed E-state index contributed by atoms with van der Waals surface area (Å²) in [6, 6.07) is 0. The van der Waals surface area contributed by atoms with Gasteiger partial charge in [-0.2, -0.15) is 0 Å². The minimum absolute atomic E-state index is 0.00353. The van der Waals surface area contributed by atoms with Gasteiger partial charge >= 0.3 is 5.97 Å². The van der Waals surface area contributed by atoms with Crippen molar-refractivity contribution in [3.63, 3.8) is 0 Å². The van der Waals surface area contributed by atoms with Gasteiger partial charge in [0.05, 0.1) is 5.41 Å². The Hall–Kier alpha value is -1.68. The van der Waals surface area contributed by atoms with Crippen LogP contribution in [0.25, 0.3) is 0 Å². The van der Waals surface area contributed by atoms with E-state index in [1.54, 1.807) is 0 Å². The number of allylic oxidation sites excluding steroid dienone is 4. The van der Waals surface area contributed by atoms with Crippen LogP contribution in [0.15, 0.2) is 34.9 Å². The first-order chi connectivity index (χ1) is 15.0. The van der Waals surface area contributed by atoms with Gasteiger partial charge in [0.15, 0.2) is 5.78 Å². The van der Waals surface area contributed by atoms with Crippen LogP contribution in [0.3, 0.4) is 0 Å². The highest BCUT2D eigenvalue weighted by Gasteiger charge is 2.63. The fraction of sp³-hybridized carbons (Fsp3) is 0.714. The first-order valence-corrected chi connectivity index (χ1v) is 12.5. The normalized spacial score (nSPS) is 45.4. The number of carbonyl (C=O) groups excluding carboxylic acids is 2. The fourth-order valence-electron chi connectivity index (χ4n) is 8.54. The maximum Gasteiger partial charge on any atom is 0.334 e. The molecule has 0 aromatic heterocycles. The summed E-state index contributed by atoms with van der Waals surface area (Å²) in [6.45, 7) is 10.2. The summed E-state index contributed by atoms with van der Waals surface area (Å²) in [5, 5.41) is 11.9. The van der Waals surface area contributed by atoms with Crippen molar-refractivity contribution < 1.29 is 19.4 Å². The van der Waals surface area contributed by atoms with E-state index >= 15 is 0 Å². The summed E-state index contributed by atoms with van der Waals surface area (Å²) in [7, 11) is 0. The highest BCUT2D eigenvalue weighted by molar-refractivity contribution is 5.98. The summed E-state index contributed by atoms with van der Waals surface area (Å²) in [5.74, 6) is 1.44. The molecule has 0 aromatic carbocycles. The van der Waals surface area contributed by atoms with E-state index in [1.165, 1.54) is 5.57 Å². The van der Waals surface area contributed by atoms with Crippen LogP contribution >= 0.6 is 0 Å². The molecule has 2 saturated carbocycles. The van der Waals surface area contributed by atoms with Crippen LogP contribution in [-0.4, -0.2) is 28.6 Å². The maximum absolute atomic E-state index is 13.1. The molecule has 4 aliphatic carbocycles. The number of ketones is 1. The van der Waals surface area contributed by atoms with Crippen LogP contribution in [0.5, 0.6) is 0 Å². The lowest BCUT2D eigenvalue weighted by atomic mass is 9.47. The Bertz CT molecular complexity index is 952. The Labute approximate surface area is 192 Å². The molecule has 32 heavy (non-hydrogen) atoms. The average Bonchev–Trinajstić information content (AvgIpc) is 3.10. The Kier molecular flexibility index (Phi) is 4.95. The van der Waals surface area contributed by atoms with E-state index in [2.05, 4.69) is 19.9 Å². The number of cyclic esters (lactones) is 1. The summed E-state index contributed by atoms with van der Waals surface area (Å²) >= 11 is 0. The molecule has 0 amide bonds. The third kappa shape index (κ3) is 2.84. The number of hydrogen-bond acceptors (Lipinski definition) is 4. The van der Waals surface area contributed by atoms with E-state index < -0.39 is 11.7 Å². The van der Waals surface area contributed by atoms with E-state index in [1.807, 2.05) is 32.9 Å². The number of carbonyl (C=O) groups is 2. The number of rotatable bonds is 2. The Morgan fingerprint density at radius 1 is 1.12 bits per heavy atom. The van der Waals surface area contributed by atoms with Crippen molar-refractivity contribution in [2.75, 3.05) is 0 Å². The van der Waals surface area contributed by atoms with Crippen molar-refractivity contribution in [2.24, 2.45) is 34.5 Å². The summed E-state index contributed by atoms with van der Waals surface area (Å²) < 4.78 is 5.77. The van der Waals surface area contributed by atoms with Crippen LogP contribution in [0, 0.1) is 34.5 Å². The molecule has 0 aromatic rings. The zero-order chi connectivity index (χ0) is 23.1. The third-order valence-corrected chi connectivity index (χ3v) is 10.6. The lowest BCUT2D eigenvalue weighted by molar-refractivity contribution is -0.181. The monoisotopic (exact) mass is 438 g/mol. The summed E-state index contributed by atoms with van der Waals surface area (Å²) in [4.78, 5) is 25.5. The number of ether oxygens (including phenoxy) is 1. The lowest BCUT2D eigenvalue weighted by Crippen LogP contribution is -2.57. The zero-order valence-corrected chi connectivity index (χ0v) is 20.2. The predicted octanol–water partition coefficient (Wildman–Crippen LogP) is 5.31. The van der Waals surface area contributed by atoms with Crippen LogP contribution in [0.2, 0.25) is 0 Å². The molecule has 2 fully saturated rings. The number of hydrogen-bond donors (Lipinski definition) is 1. The van der Waals surface area contributed by atoms with Gasteiger partial charge in [-0.1, -0.05) is 30.2 Å². The van der Waals surface area contributed by atoms with Gasteiger partial charge in [-0.25, -0.2) is 4.79 Å². The smallest absolute Gasteiger partial charge is 0.334 e. The molecule has 5 aliphatic rings. The van der Waals surface area contributed by atoms with E-state index in [0.29, 0.717) is 29.7 Å². The van der Waals surface area contributed by atoms with Gasteiger partial charge in [-0.15, -0.1) is 0 Å². The molecule has 174 valence electrons. The van der Waals surface area contributed by atoms with Crippen LogP contribution in [0.4, 0.5) is 0 Å². The minimum atomic E-state index is -1.06. The molecule has 8 atom stereocenters. The van der Waals surface area contributed by atoms with Crippen LogP contribution < -0.4 is 0 Å². The van der Waals surface area contributed by atoms with Crippen molar-refractivity contribution in [3.8, 4) is 0 Å². The van der Waals surface area contributed by atoms with Gasteiger partial charge in [-0.05, 0) is 101 Å². The maximum atomic E-state index is 13.1. The zero-order valence-electron chi connectivity index (χ0n) is 20.2. The van der Waals surface area contributed by atoms with Crippen molar-refractivity contribution in [1.82, 2.24) is 0 Å². The quantitative estimate of drug-likeness (QED) is 0.469. The van der Waals surface area contributed by atoms with Gasteiger partial charge in [0.2, 0.25) is 0 Å². The lowest BCUT2D eigenvalue weighted by Gasteiger charge is -2.57. The Morgan fingerprint density at radius 3 is 2.59 bits per heavy atom. The predicted molar refractivity (Wildman–Crippen MR) is 124 cm³/mol.